The molecule has 0 spiro atoms. The molecule has 0 saturated heterocycles. The summed E-state index contributed by atoms with van der Waals surface area (Å²) in [5.74, 6) is -4.68. The van der Waals surface area contributed by atoms with Crippen LogP contribution in [0.5, 0.6) is 0 Å². The maximum Gasteiger partial charge on any atom is 0.309 e. The molecule has 0 amide bonds. The molecule has 2 aliphatic carbocycles. The summed E-state index contributed by atoms with van der Waals surface area (Å²) < 4.78 is 0. The zero-order chi connectivity index (χ0) is 22.3. The van der Waals surface area contributed by atoms with Crippen molar-refractivity contribution in [1.29, 1.82) is 0 Å². The summed E-state index contributed by atoms with van der Waals surface area (Å²) in [6.07, 6.45) is 1.77. The molecule has 8 heteroatoms. The lowest BCUT2D eigenvalue weighted by Gasteiger charge is -2.36. The first kappa shape index (κ1) is 23.9. The third-order valence-corrected chi connectivity index (χ3v) is 7.99. The molecule has 2 rings (SSSR count). The molecule has 2 unspecified atom stereocenters. The van der Waals surface area contributed by atoms with E-state index >= 15 is 0 Å². The lowest BCUT2D eigenvalue weighted by Crippen LogP contribution is -2.42. The van der Waals surface area contributed by atoms with Crippen molar-refractivity contribution in [3.05, 3.63) is 0 Å². The average molecular weight is 400 g/mol. The SMILES string of the molecule is CC1(C(=O)O)CCC(C(=O)O)C1(C)C.CC1(C)[C@@H](C(=O)O)CC[C@@]1(C)C(=O)O. The molecule has 0 bridgehead atoms. The van der Waals surface area contributed by atoms with E-state index < -0.39 is 57.4 Å². The minimum absolute atomic E-state index is 0.437. The first-order valence-corrected chi connectivity index (χ1v) is 9.39. The quantitative estimate of drug-likeness (QED) is 0.562. The maximum atomic E-state index is 11.1. The Kier molecular flexibility index (Phi) is 6.29. The highest BCUT2D eigenvalue weighted by atomic mass is 16.4. The second-order valence-electron chi connectivity index (χ2n) is 9.58. The van der Waals surface area contributed by atoms with Crippen LogP contribution in [0.4, 0.5) is 0 Å². The third-order valence-electron chi connectivity index (χ3n) is 7.99. The van der Waals surface area contributed by atoms with Crippen molar-refractivity contribution in [3.8, 4) is 0 Å². The Bertz CT molecular complexity index is 622. The minimum Gasteiger partial charge on any atom is -0.481 e. The highest BCUT2D eigenvalue weighted by Crippen LogP contribution is 2.57. The van der Waals surface area contributed by atoms with Crippen molar-refractivity contribution in [2.24, 2.45) is 33.5 Å². The summed E-state index contributed by atoms with van der Waals surface area (Å²) >= 11 is 0. The summed E-state index contributed by atoms with van der Waals surface area (Å²) in [4.78, 5) is 44.1. The van der Waals surface area contributed by atoms with Gasteiger partial charge in [0, 0.05) is 0 Å². The Balaban J connectivity index is 0.000000280. The van der Waals surface area contributed by atoms with Crippen LogP contribution in [-0.4, -0.2) is 44.3 Å². The van der Waals surface area contributed by atoms with Crippen LogP contribution in [0.1, 0.15) is 67.2 Å². The van der Waals surface area contributed by atoms with E-state index in [9.17, 15) is 19.2 Å². The van der Waals surface area contributed by atoms with Gasteiger partial charge >= 0.3 is 23.9 Å². The van der Waals surface area contributed by atoms with Crippen molar-refractivity contribution < 1.29 is 39.6 Å². The fourth-order valence-corrected chi connectivity index (χ4v) is 4.63. The van der Waals surface area contributed by atoms with Gasteiger partial charge in [-0.15, -0.1) is 0 Å². The van der Waals surface area contributed by atoms with E-state index in [4.69, 9.17) is 20.4 Å². The first-order chi connectivity index (χ1) is 12.5. The molecule has 2 aliphatic rings. The smallest absolute Gasteiger partial charge is 0.309 e. The van der Waals surface area contributed by atoms with Gasteiger partial charge in [-0.2, -0.15) is 0 Å². The molecular formula is C20H32O8. The number of carboxylic acid groups (broad SMARTS) is 4. The fraction of sp³-hybridized carbons (Fsp3) is 0.800. The van der Waals surface area contributed by atoms with Crippen LogP contribution in [0, 0.1) is 33.5 Å². The zero-order valence-corrected chi connectivity index (χ0v) is 17.4. The predicted molar refractivity (Wildman–Crippen MR) is 99.8 cm³/mol. The van der Waals surface area contributed by atoms with Crippen LogP contribution < -0.4 is 0 Å². The second-order valence-corrected chi connectivity index (χ2v) is 9.58. The third kappa shape index (κ3) is 3.49. The molecule has 0 aliphatic heterocycles. The zero-order valence-electron chi connectivity index (χ0n) is 17.4. The van der Waals surface area contributed by atoms with Crippen LogP contribution in [0.15, 0.2) is 0 Å². The van der Waals surface area contributed by atoms with E-state index in [1.165, 1.54) is 0 Å². The van der Waals surface area contributed by atoms with E-state index in [0.717, 1.165) is 0 Å². The van der Waals surface area contributed by atoms with Crippen LogP contribution in [-0.2, 0) is 19.2 Å². The number of aliphatic carboxylic acids is 4. The molecule has 0 aromatic heterocycles. The second kappa shape index (κ2) is 7.37. The average Bonchev–Trinajstić information content (AvgIpc) is 2.92. The first-order valence-electron chi connectivity index (χ1n) is 9.39. The van der Waals surface area contributed by atoms with E-state index in [1.807, 2.05) is 0 Å². The summed E-state index contributed by atoms with van der Waals surface area (Å²) in [5.41, 5.74) is -3.22. The van der Waals surface area contributed by atoms with Crippen molar-refractivity contribution in [2.45, 2.75) is 67.2 Å². The number of carboxylic acids is 4. The molecule has 0 aromatic rings. The van der Waals surface area contributed by atoms with Gasteiger partial charge in [-0.3, -0.25) is 19.2 Å². The molecule has 0 radical (unpaired) electrons. The van der Waals surface area contributed by atoms with Gasteiger partial charge in [-0.1, -0.05) is 27.7 Å². The van der Waals surface area contributed by atoms with E-state index in [-0.39, 0.29) is 0 Å². The van der Waals surface area contributed by atoms with E-state index in [2.05, 4.69) is 0 Å². The van der Waals surface area contributed by atoms with Gasteiger partial charge in [0.1, 0.15) is 0 Å². The van der Waals surface area contributed by atoms with Gasteiger partial charge in [-0.05, 0) is 50.4 Å². The molecule has 8 nitrogen and oxygen atoms in total. The standard InChI is InChI=1S/2C10H16O4/c2*1-9(2)6(7(11)12)4-5-10(9,3)8(13)14/h2*6H,4-5H2,1-3H3,(H,11,12)(H,13,14)/t6-,10+;/m1./s1. The molecule has 4 atom stereocenters. The van der Waals surface area contributed by atoms with Crippen molar-refractivity contribution in [3.63, 3.8) is 0 Å². The Labute approximate surface area is 164 Å². The summed E-state index contributed by atoms with van der Waals surface area (Å²) in [6.45, 7) is 10.2. The van der Waals surface area contributed by atoms with Gasteiger partial charge in [0.25, 0.3) is 0 Å². The Hall–Kier alpha value is -2.12. The summed E-state index contributed by atoms with van der Waals surface area (Å²) in [7, 11) is 0. The van der Waals surface area contributed by atoms with Gasteiger partial charge in [0.05, 0.1) is 22.7 Å². The molecular weight excluding hydrogens is 368 g/mol. The maximum absolute atomic E-state index is 11.1. The summed E-state index contributed by atoms with van der Waals surface area (Å²) in [5, 5.41) is 36.2. The number of hydrogen-bond acceptors (Lipinski definition) is 4. The largest absolute Gasteiger partial charge is 0.481 e. The predicted octanol–water partition coefficient (Wildman–Crippen LogP) is 3.20. The molecule has 160 valence electrons. The highest BCUT2D eigenvalue weighted by Gasteiger charge is 2.59. The fourth-order valence-electron chi connectivity index (χ4n) is 4.63. The van der Waals surface area contributed by atoms with Gasteiger partial charge in [-0.25, -0.2) is 0 Å². The van der Waals surface area contributed by atoms with Gasteiger partial charge in [0.2, 0.25) is 0 Å². The number of rotatable bonds is 4. The van der Waals surface area contributed by atoms with Crippen LogP contribution in [0.25, 0.3) is 0 Å². The minimum atomic E-state index is -0.921. The topological polar surface area (TPSA) is 149 Å². The monoisotopic (exact) mass is 400 g/mol. The number of carbonyl (C=O) groups is 4. The lowest BCUT2D eigenvalue weighted by atomic mass is 9.66. The normalized spacial score (nSPS) is 35.5. The van der Waals surface area contributed by atoms with Gasteiger partial charge in [0.15, 0.2) is 0 Å². The molecule has 2 fully saturated rings. The number of hydrogen-bond donors (Lipinski definition) is 4. The van der Waals surface area contributed by atoms with E-state index in [1.54, 1.807) is 41.5 Å². The Morgan fingerprint density at radius 1 is 0.607 bits per heavy atom. The van der Waals surface area contributed by atoms with Crippen LogP contribution in [0.2, 0.25) is 0 Å². The molecule has 4 N–H and O–H groups in total. The molecule has 0 heterocycles. The van der Waals surface area contributed by atoms with Crippen molar-refractivity contribution in [1.82, 2.24) is 0 Å². The Morgan fingerprint density at radius 2 is 0.857 bits per heavy atom. The van der Waals surface area contributed by atoms with Crippen LogP contribution in [0.3, 0.4) is 0 Å². The summed E-state index contributed by atoms with van der Waals surface area (Å²) in [6, 6.07) is 0. The highest BCUT2D eigenvalue weighted by molar-refractivity contribution is 5.80. The van der Waals surface area contributed by atoms with Crippen molar-refractivity contribution in [2.75, 3.05) is 0 Å². The Morgan fingerprint density at radius 3 is 0.964 bits per heavy atom. The molecule has 0 aromatic carbocycles. The molecule has 28 heavy (non-hydrogen) atoms. The van der Waals surface area contributed by atoms with Crippen molar-refractivity contribution >= 4 is 23.9 Å². The van der Waals surface area contributed by atoms with Crippen LogP contribution >= 0.6 is 0 Å². The van der Waals surface area contributed by atoms with Gasteiger partial charge < -0.3 is 20.4 Å². The van der Waals surface area contributed by atoms with E-state index in [0.29, 0.717) is 25.7 Å². The lowest BCUT2D eigenvalue weighted by molar-refractivity contribution is -0.159. The molecule has 2 saturated carbocycles.